The third-order valence-corrected chi connectivity index (χ3v) is 22.3. The average molecular weight is 1040 g/mol. The SMILES string of the molecule is Cc1cc(-c2c(Nc3ccc4c(c3)C(C)(C)CCC4(C)C)ccc3c2oc2cc4c(cc23)C(C)(C)CCC4(C)C)c2c(c1)N(c1cc3c(cc1C)C(C)(C)CCC3(C)C)c1sc3cc4c(cc3c1[B]2)C(C)(C)CCC4(C)C. The number of hydrogen-bond acceptors (Lipinski definition) is 4. The lowest BCUT2D eigenvalue weighted by molar-refractivity contribution is 0.332. The summed E-state index contributed by atoms with van der Waals surface area (Å²) in [5.41, 5.74) is 26.6. The Labute approximate surface area is 466 Å². The number of nitrogens with zero attached hydrogens (tertiary/aromatic N) is 1. The highest BCUT2D eigenvalue weighted by Crippen LogP contribution is 2.56. The van der Waals surface area contributed by atoms with Crippen LogP contribution in [0.3, 0.4) is 0 Å². The minimum atomic E-state index is 0.0534. The maximum atomic E-state index is 7.52. The van der Waals surface area contributed by atoms with Gasteiger partial charge < -0.3 is 14.6 Å². The third kappa shape index (κ3) is 7.67. The number of anilines is 5. The van der Waals surface area contributed by atoms with Gasteiger partial charge in [-0.1, -0.05) is 129 Å². The highest BCUT2D eigenvalue weighted by Gasteiger charge is 2.44. The molecule has 4 aliphatic carbocycles. The van der Waals surface area contributed by atoms with E-state index in [1.165, 1.54) is 154 Å². The van der Waals surface area contributed by atoms with Gasteiger partial charge in [-0.2, -0.15) is 0 Å². The van der Waals surface area contributed by atoms with E-state index in [2.05, 4.69) is 221 Å². The van der Waals surface area contributed by atoms with E-state index in [9.17, 15) is 0 Å². The van der Waals surface area contributed by atoms with Crippen molar-refractivity contribution in [3.8, 4) is 11.1 Å². The average Bonchev–Trinajstić information content (AvgIpc) is 4.02. The molecule has 0 atom stereocenters. The van der Waals surface area contributed by atoms with Crippen LogP contribution in [-0.2, 0) is 43.3 Å². The fraction of sp³-hybridized carbons (Fsp3) is 0.472. The molecule has 3 heterocycles. The second-order valence-corrected chi connectivity index (χ2v) is 31.5. The molecule has 2 aromatic heterocycles. The molecule has 8 aromatic rings. The van der Waals surface area contributed by atoms with Gasteiger partial charge in [-0.05, 0) is 247 Å². The first kappa shape index (κ1) is 51.2. The largest absolute Gasteiger partial charge is 0.455 e. The van der Waals surface area contributed by atoms with Crippen LogP contribution in [0.5, 0.6) is 0 Å². The normalized spacial score (nSPS) is 21.4. The standard InChI is InChI=1S/C72H84BN2OS/c1-40-31-46(60-55(74-42-19-21-47-49(34-42)67(7,8)24-23-65(47,3)4)22-20-43-44-35-50-53(38-58(44)76-63(43)60)71(15,16)29-26-68(50,9)10)61-57(32-40)75(56-37-52-48(33-41(56)2)66(5,6)25-28-70(52,13)14)64-62(73-61)45-36-51-54(39-59(45)77-64)72(17,18)30-27-69(51,11)12/h19-22,31-39,74H,23-30H2,1-18H3. The number of thiophene rings is 1. The van der Waals surface area contributed by atoms with Gasteiger partial charge in [0, 0.05) is 32.4 Å². The van der Waals surface area contributed by atoms with Gasteiger partial charge >= 0.3 is 0 Å². The Morgan fingerprint density at radius 1 is 0.455 bits per heavy atom. The smallest absolute Gasteiger partial charge is 0.199 e. The van der Waals surface area contributed by atoms with Gasteiger partial charge in [0.15, 0.2) is 7.28 Å². The van der Waals surface area contributed by atoms with Crippen LogP contribution in [0.25, 0.3) is 43.2 Å². The number of benzene rings is 6. The fourth-order valence-electron chi connectivity index (χ4n) is 15.3. The lowest BCUT2D eigenvalue weighted by Crippen LogP contribution is -2.41. The van der Waals surface area contributed by atoms with Crippen LogP contribution >= 0.6 is 11.3 Å². The predicted octanol–water partition coefficient (Wildman–Crippen LogP) is 19.7. The summed E-state index contributed by atoms with van der Waals surface area (Å²) in [5.74, 6) is 0. The molecule has 0 saturated carbocycles. The van der Waals surface area contributed by atoms with Crippen molar-refractivity contribution in [1.82, 2.24) is 0 Å². The Morgan fingerprint density at radius 2 is 0.948 bits per heavy atom. The summed E-state index contributed by atoms with van der Waals surface area (Å²) < 4.78 is 8.90. The second kappa shape index (κ2) is 16.2. The summed E-state index contributed by atoms with van der Waals surface area (Å²) >= 11 is 1.99. The zero-order valence-corrected chi connectivity index (χ0v) is 50.8. The van der Waals surface area contributed by atoms with Gasteiger partial charge in [-0.3, -0.25) is 0 Å². The zero-order chi connectivity index (χ0) is 54.7. The molecule has 13 rings (SSSR count). The topological polar surface area (TPSA) is 28.4 Å². The number of hydrogen-bond donors (Lipinski definition) is 1. The van der Waals surface area contributed by atoms with Crippen molar-refractivity contribution < 1.29 is 4.42 Å². The maximum Gasteiger partial charge on any atom is 0.199 e. The van der Waals surface area contributed by atoms with Crippen molar-refractivity contribution in [3.05, 3.63) is 134 Å². The van der Waals surface area contributed by atoms with E-state index in [1.54, 1.807) is 0 Å². The van der Waals surface area contributed by atoms with E-state index < -0.39 is 0 Å². The first-order valence-corrected chi connectivity index (χ1v) is 30.2. The van der Waals surface area contributed by atoms with E-state index in [0.29, 0.717) is 0 Å². The molecule has 5 aliphatic rings. The molecule has 0 saturated heterocycles. The molecule has 0 amide bonds. The van der Waals surface area contributed by atoms with E-state index in [1.807, 2.05) is 11.3 Å². The second-order valence-electron chi connectivity index (χ2n) is 30.4. The lowest BCUT2D eigenvalue weighted by atomic mass is 9.57. The predicted molar refractivity (Wildman–Crippen MR) is 335 cm³/mol. The third-order valence-electron chi connectivity index (χ3n) is 21.1. The lowest BCUT2D eigenvalue weighted by Gasteiger charge is -2.43. The van der Waals surface area contributed by atoms with Crippen LogP contribution in [0.4, 0.5) is 27.8 Å². The zero-order valence-electron chi connectivity index (χ0n) is 50.0. The van der Waals surface area contributed by atoms with Crippen molar-refractivity contribution in [2.45, 2.75) is 219 Å². The molecule has 0 fully saturated rings. The van der Waals surface area contributed by atoms with Crippen LogP contribution in [-0.4, -0.2) is 7.28 Å². The van der Waals surface area contributed by atoms with Gasteiger partial charge in [0.1, 0.15) is 11.2 Å². The molecule has 1 radical (unpaired) electrons. The first-order valence-electron chi connectivity index (χ1n) is 29.4. The Bertz CT molecular complexity index is 3860. The van der Waals surface area contributed by atoms with E-state index in [-0.39, 0.29) is 43.3 Å². The number of furan rings is 1. The number of rotatable bonds is 4. The van der Waals surface area contributed by atoms with Crippen LogP contribution in [0.1, 0.15) is 218 Å². The van der Waals surface area contributed by atoms with Crippen LogP contribution in [0.15, 0.2) is 83.3 Å². The van der Waals surface area contributed by atoms with Crippen molar-refractivity contribution in [2.75, 3.05) is 10.2 Å². The number of fused-ring (bicyclic) bond motifs is 11. The Hall–Kier alpha value is -5.26. The minimum Gasteiger partial charge on any atom is -0.455 e. The van der Waals surface area contributed by atoms with Crippen LogP contribution in [0, 0.1) is 13.8 Å². The summed E-state index contributed by atoms with van der Waals surface area (Å²) in [5, 5.41) is 9.20. The first-order chi connectivity index (χ1) is 35.9. The van der Waals surface area contributed by atoms with Crippen molar-refractivity contribution in [3.63, 3.8) is 0 Å². The molecule has 6 aromatic carbocycles. The van der Waals surface area contributed by atoms with E-state index in [4.69, 9.17) is 4.42 Å². The van der Waals surface area contributed by atoms with Crippen LogP contribution < -0.4 is 21.1 Å². The quantitative estimate of drug-likeness (QED) is 0.178. The molecule has 397 valence electrons. The van der Waals surface area contributed by atoms with Crippen molar-refractivity contribution in [1.29, 1.82) is 0 Å². The van der Waals surface area contributed by atoms with Gasteiger partial charge in [-0.15, -0.1) is 11.3 Å². The van der Waals surface area contributed by atoms with Crippen molar-refractivity contribution >= 4 is 89.3 Å². The fourth-order valence-corrected chi connectivity index (χ4v) is 16.6. The summed E-state index contributed by atoms with van der Waals surface area (Å²) in [7, 11) is 2.58. The molecular weight excluding hydrogens is 952 g/mol. The molecule has 0 bridgehead atoms. The molecule has 5 heteroatoms. The van der Waals surface area contributed by atoms with Gasteiger partial charge in [0.25, 0.3) is 0 Å². The molecule has 0 unspecified atom stereocenters. The Morgan fingerprint density at radius 3 is 1.53 bits per heavy atom. The summed E-state index contributed by atoms with van der Waals surface area (Å²) in [4.78, 5) is 2.70. The van der Waals surface area contributed by atoms with Gasteiger partial charge in [0.2, 0.25) is 0 Å². The van der Waals surface area contributed by atoms with Crippen LogP contribution in [0.2, 0.25) is 0 Å². The Balaban J connectivity index is 1.11. The highest BCUT2D eigenvalue weighted by molar-refractivity contribution is 7.25. The summed E-state index contributed by atoms with van der Waals surface area (Å²) in [6, 6.07) is 32.2. The Kier molecular flexibility index (Phi) is 10.8. The molecule has 3 nitrogen and oxygen atoms in total. The molecule has 0 spiro atoms. The van der Waals surface area contributed by atoms with Gasteiger partial charge in [0.05, 0.1) is 16.4 Å². The molecule has 77 heavy (non-hydrogen) atoms. The number of nitrogens with one attached hydrogen (secondary N) is 1. The van der Waals surface area contributed by atoms with Crippen molar-refractivity contribution in [2.24, 2.45) is 0 Å². The number of aryl methyl sites for hydroxylation is 2. The molecular formula is C72H84BN2OS. The highest BCUT2D eigenvalue weighted by atomic mass is 32.1. The van der Waals surface area contributed by atoms with E-state index in [0.717, 1.165) is 34.5 Å². The summed E-state index contributed by atoms with van der Waals surface area (Å²) in [6.45, 7) is 43.9. The maximum absolute atomic E-state index is 7.52. The summed E-state index contributed by atoms with van der Waals surface area (Å²) in [6.07, 6.45) is 9.42. The minimum absolute atomic E-state index is 0.0534. The molecule has 1 aliphatic heterocycles. The van der Waals surface area contributed by atoms with E-state index >= 15 is 0 Å². The van der Waals surface area contributed by atoms with Gasteiger partial charge in [-0.25, -0.2) is 0 Å². The monoisotopic (exact) mass is 1040 g/mol. The molecule has 1 N–H and O–H groups in total.